The van der Waals surface area contributed by atoms with Crippen LogP contribution in [0.25, 0.3) is 0 Å². The van der Waals surface area contributed by atoms with Gasteiger partial charge >= 0.3 is 0 Å². The summed E-state index contributed by atoms with van der Waals surface area (Å²) in [5.41, 5.74) is 2.56. The molecular weight excluding hydrogens is 376 g/mol. The summed E-state index contributed by atoms with van der Waals surface area (Å²) < 4.78 is 34.2. The van der Waals surface area contributed by atoms with E-state index in [1.165, 1.54) is 24.0 Å². The van der Waals surface area contributed by atoms with Crippen molar-refractivity contribution in [2.75, 3.05) is 32.8 Å². The van der Waals surface area contributed by atoms with Crippen molar-refractivity contribution in [3.63, 3.8) is 0 Å². The molecule has 0 aliphatic carbocycles. The molecule has 2 N–H and O–H groups in total. The molecule has 1 heterocycles. The van der Waals surface area contributed by atoms with Gasteiger partial charge in [-0.15, -0.1) is 0 Å². The maximum atomic E-state index is 13.0. The molecule has 1 atom stereocenters. The Labute approximate surface area is 166 Å². The van der Waals surface area contributed by atoms with Gasteiger partial charge in [-0.3, -0.25) is 4.79 Å². The maximum Gasteiger partial charge on any atom is 0.241 e. The molecule has 0 bridgehead atoms. The molecular formula is C21H27N2O4S+. The SMILES string of the molecule is CC(=O)c1ccc(S(=O)(=O)N[C@H](C[NH+]2CCOCC2)c2ccc(C)cc2)cc1. The highest BCUT2D eigenvalue weighted by Crippen LogP contribution is 2.18. The summed E-state index contributed by atoms with van der Waals surface area (Å²) in [6, 6.07) is 13.6. The lowest BCUT2D eigenvalue weighted by Crippen LogP contribution is -3.14. The van der Waals surface area contributed by atoms with Crippen molar-refractivity contribution in [3.8, 4) is 0 Å². The van der Waals surface area contributed by atoms with Gasteiger partial charge in [-0.2, -0.15) is 4.72 Å². The second kappa shape index (κ2) is 8.96. The Kier molecular flexibility index (Phi) is 6.61. The van der Waals surface area contributed by atoms with Crippen LogP contribution in [-0.2, 0) is 14.8 Å². The van der Waals surface area contributed by atoms with Gasteiger partial charge in [0.05, 0.1) is 30.7 Å². The van der Waals surface area contributed by atoms with Crippen molar-refractivity contribution >= 4 is 15.8 Å². The van der Waals surface area contributed by atoms with Crippen molar-refractivity contribution in [2.45, 2.75) is 24.8 Å². The Hall–Kier alpha value is -2.06. The Morgan fingerprint density at radius 2 is 1.68 bits per heavy atom. The summed E-state index contributed by atoms with van der Waals surface area (Å²) in [6.07, 6.45) is 0. The smallest absolute Gasteiger partial charge is 0.241 e. The van der Waals surface area contributed by atoms with Gasteiger partial charge in [0.15, 0.2) is 5.78 Å². The van der Waals surface area contributed by atoms with Crippen LogP contribution in [0.5, 0.6) is 0 Å². The van der Waals surface area contributed by atoms with E-state index in [9.17, 15) is 13.2 Å². The van der Waals surface area contributed by atoms with Crippen LogP contribution < -0.4 is 9.62 Å². The number of quaternary nitrogens is 1. The summed E-state index contributed by atoms with van der Waals surface area (Å²) in [5, 5.41) is 0. The molecule has 6 nitrogen and oxygen atoms in total. The fraction of sp³-hybridized carbons (Fsp3) is 0.381. The highest BCUT2D eigenvalue weighted by Gasteiger charge is 2.26. The van der Waals surface area contributed by atoms with Crippen LogP contribution in [0.3, 0.4) is 0 Å². The van der Waals surface area contributed by atoms with Crippen molar-refractivity contribution in [1.29, 1.82) is 0 Å². The fourth-order valence-electron chi connectivity index (χ4n) is 3.30. The molecule has 3 rings (SSSR count). The number of ketones is 1. The molecule has 1 aliphatic heterocycles. The maximum absolute atomic E-state index is 13.0. The average molecular weight is 404 g/mol. The van der Waals surface area contributed by atoms with E-state index in [0.717, 1.165) is 24.2 Å². The summed E-state index contributed by atoms with van der Waals surface area (Å²) in [4.78, 5) is 12.9. The van der Waals surface area contributed by atoms with Crippen LogP contribution in [-0.4, -0.2) is 47.0 Å². The molecule has 0 unspecified atom stereocenters. The molecule has 0 saturated carbocycles. The zero-order valence-corrected chi connectivity index (χ0v) is 17.1. The number of Topliss-reactive ketones (excluding diaryl/α,β-unsaturated/α-hetero) is 1. The molecule has 0 aromatic heterocycles. The number of hydrogen-bond donors (Lipinski definition) is 2. The van der Waals surface area contributed by atoms with Gasteiger partial charge in [0.2, 0.25) is 10.0 Å². The molecule has 0 amide bonds. The molecule has 7 heteroatoms. The zero-order chi connectivity index (χ0) is 20.1. The quantitative estimate of drug-likeness (QED) is 0.680. The third-order valence-corrected chi connectivity index (χ3v) is 6.53. The van der Waals surface area contributed by atoms with Crippen molar-refractivity contribution < 1.29 is 22.8 Å². The third-order valence-electron chi connectivity index (χ3n) is 5.04. The molecule has 1 fully saturated rings. The Morgan fingerprint density at radius 1 is 1.07 bits per heavy atom. The lowest BCUT2D eigenvalue weighted by atomic mass is 10.1. The molecule has 0 radical (unpaired) electrons. The number of morpholine rings is 1. The number of rotatable bonds is 7. The normalized spacial score (nSPS) is 16.6. The minimum absolute atomic E-state index is 0.0923. The van der Waals surface area contributed by atoms with Gasteiger partial charge in [0, 0.05) is 5.56 Å². The molecule has 28 heavy (non-hydrogen) atoms. The Morgan fingerprint density at radius 3 is 2.25 bits per heavy atom. The van der Waals surface area contributed by atoms with Crippen LogP contribution in [0.2, 0.25) is 0 Å². The Bertz CT molecular complexity index is 902. The van der Waals surface area contributed by atoms with Crippen LogP contribution >= 0.6 is 0 Å². The molecule has 0 spiro atoms. The van der Waals surface area contributed by atoms with Crippen molar-refractivity contribution in [1.82, 2.24) is 4.72 Å². The number of aryl methyl sites for hydroxylation is 1. The summed E-state index contributed by atoms with van der Waals surface area (Å²) >= 11 is 0. The molecule has 1 aliphatic rings. The van der Waals surface area contributed by atoms with Gasteiger partial charge in [-0.25, -0.2) is 8.42 Å². The van der Waals surface area contributed by atoms with E-state index in [0.29, 0.717) is 25.3 Å². The first-order valence-corrected chi connectivity index (χ1v) is 10.9. The van der Waals surface area contributed by atoms with E-state index in [1.54, 1.807) is 12.1 Å². The second-order valence-electron chi connectivity index (χ2n) is 7.23. The zero-order valence-electron chi connectivity index (χ0n) is 16.3. The predicted octanol–water partition coefficient (Wildman–Crippen LogP) is 1.13. The summed E-state index contributed by atoms with van der Waals surface area (Å²) in [5.74, 6) is -0.0923. The first-order chi connectivity index (χ1) is 13.3. The highest BCUT2D eigenvalue weighted by molar-refractivity contribution is 7.89. The van der Waals surface area contributed by atoms with Crippen molar-refractivity contribution in [3.05, 3.63) is 65.2 Å². The minimum atomic E-state index is -3.72. The fourth-order valence-corrected chi connectivity index (χ4v) is 4.53. The minimum Gasteiger partial charge on any atom is -0.370 e. The van der Waals surface area contributed by atoms with E-state index >= 15 is 0 Å². The van der Waals surface area contributed by atoms with Crippen LogP contribution in [0.1, 0.15) is 34.5 Å². The third kappa shape index (κ3) is 5.26. The predicted molar refractivity (Wildman–Crippen MR) is 107 cm³/mol. The van der Waals surface area contributed by atoms with E-state index in [-0.39, 0.29) is 16.7 Å². The summed E-state index contributed by atoms with van der Waals surface area (Å²) in [7, 11) is -3.72. The van der Waals surface area contributed by atoms with Crippen molar-refractivity contribution in [2.24, 2.45) is 0 Å². The number of carbonyl (C=O) groups is 1. The topological polar surface area (TPSA) is 76.9 Å². The van der Waals surface area contributed by atoms with Gasteiger partial charge < -0.3 is 9.64 Å². The number of sulfonamides is 1. The number of ether oxygens (including phenoxy) is 1. The number of hydrogen-bond acceptors (Lipinski definition) is 4. The number of nitrogens with one attached hydrogen (secondary N) is 2. The molecule has 1 saturated heterocycles. The van der Waals surface area contributed by atoms with Crippen LogP contribution in [0, 0.1) is 6.92 Å². The van der Waals surface area contributed by atoms with E-state index in [2.05, 4.69) is 4.72 Å². The van der Waals surface area contributed by atoms with E-state index in [1.807, 2.05) is 31.2 Å². The molecule has 150 valence electrons. The van der Waals surface area contributed by atoms with E-state index in [4.69, 9.17) is 4.74 Å². The highest BCUT2D eigenvalue weighted by atomic mass is 32.2. The Balaban J connectivity index is 1.84. The first kappa shape index (κ1) is 20.7. The number of benzene rings is 2. The lowest BCUT2D eigenvalue weighted by Gasteiger charge is -2.28. The van der Waals surface area contributed by atoms with Gasteiger partial charge in [-0.05, 0) is 31.5 Å². The number of carbonyl (C=O) groups excluding carboxylic acids is 1. The lowest BCUT2D eigenvalue weighted by molar-refractivity contribution is -0.909. The largest absolute Gasteiger partial charge is 0.370 e. The van der Waals surface area contributed by atoms with Gasteiger partial charge in [-0.1, -0.05) is 42.0 Å². The van der Waals surface area contributed by atoms with Gasteiger partial charge in [0.1, 0.15) is 13.1 Å². The standard InChI is InChI=1S/C21H26N2O4S/c1-16-3-5-19(6-4-16)21(15-23-11-13-27-14-12-23)22-28(25,26)20-9-7-18(8-10-20)17(2)24/h3-10,21-22H,11-15H2,1-2H3/p+1/t21-/m1/s1. The van der Waals surface area contributed by atoms with Crippen LogP contribution in [0.4, 0.5) is 0 Å². The first-order valence-electron chi connectivity index (χ1n) is 9.46. The van der Waals surface area contributed by atoms with E-state index < -0.39 is 10.0 Å². The van der Waals surface area contributed by atoms with Gasteiger partial charge in [0.25, 0.3) is 0 Å². The average Bonchev–Trinajstić information content (AvgIpc) is 2.69. The molecule has 2 aromatic rings. The monoisotopic (exact) mass is 403 g/mol. The van der Waals surface area contributed by atoms with Crippen LogP contribution in [0.15, 0.2) is 53.4 Å². The summed E-state index contributed by atoms with van der Waals surface area (Å²) in [6.45, 7) is 7.21. The second-order valence-corrected chi connectivity index (χ2v) is 8.95. The molecule has 2 aromatic carbocycles.